The molecule has 0 unspecified atom stereocenters. The minimum Gasteiger partial charge on any atom is -0.508 e. The first-order valence-corrected chi connectivity index (χ1v) is 43.7. The molecule has 4 fully saturated rings. The van der Waals surface area contributed by atoms with E-state index in [1.54, 1.807) is 18.3 Å². The maximum Gasteiger partial charge on any atom is 0.161 e. The second kappa shape index (κ2) is 38.0. The molecule has 25 heteroatoms. The third kappa shape index (κ3) is 19.1. The molecular formula is C100H113N23O2. The molecule has 0 aliphatic carbocycles. The van der Waals surface area contributed by atoms with E-state index >= 15 is 0 Å². The predicted octanol–water partition coefficient (Wildman–Crippen LogP) is 18.9. The number of H-pyrrole nitrogens is 1. The molecule has 0 amide bonds. The molecule has 20 rings (SSSR count). The minimum absolute atomic E-state index is 0.248. The minimum atomic E-state index is 0.248. The van der Waals surface area contributed by atoms with Crippen LogP contribution < -0.4 is 40.9 Å². The lowest BCUT2D eigenvalue weighted by Crippen LogP contribution is -2.48. The fourth-order valence-electron chi connectivity index (χ4n) is 17.3. The number of aryl methyl sites for hydroxylation is 4. The fourth-order valence-corrected chi connectivity index (χ4v) is 17.3. The number of nitrogens with one attached hydrogen (secondary N) is 5. The number of fused-ring (bicyclic) bond motifs is 4. The number of phenolic OH excluding ortho intramolecular Hbond substituents is 1. The van der Waals surface area contributed by atoms with Gasteiger partial charge < -0.3 is 50.7 Å². The Bertz CT molecular complexity index is 6260. The highest BCUT2D eigenvalue weighted by Crippen LogP contribution is 2.37. The van der Waals surface area contributed by atoms with Crippen molar-refractivity contribution < 1.29 is 9.84 Å². The van der Waals surface area contributed by atoms with Crippen LogP contribution in [0.15, 0.2) is 256 Å². The maximum absolute atomic E-state index is 9.82. The standard InChI is InChI=1S/2C26H30N6.C25H31N7.C23H22N4O2/c1-19(2)30-12-14-31(15-13-30)23-6-4-22(5-7-23)29-24-8-9-25(32-11-10-28-26(24)32)21-16-20(3)17-27-18-21;1-19(2)30-14-16-31(17-15-30)22-6-4-21(5-7-22)29-24-8-9-25(32-13-12-28-26(24)32)23-18-27-11-10-20(23)3;1-17(2)30-13-15-31(16-14-30)21-7-5-20(6-8-21)27-22-9-10-23(32-12-11-26-25(22)32)24-18(3)28-29-19(24)4;28-20-3-1-2-17(16-20)22-9-8-21(23-24-10-11-27(22)23)25-18-4-6-19(7-5-18)26-12-14-29-15-13-26/h4-11,16-19,29H,12-15H2,1-3H3;4-13,18-19,29H,14-17H2,1-3H3;5-12,17,27H,13-16H2,1-4H3,(H,28,29);1-11,16,25,28H,12-15H2. The number of anilines is 12. The Labute approximate surface area is 731 Å². The van der Waals surface area contributed by atoms with Gasteiger partial charge in [0.05, 0.1) is 64.4 Å². The van der Waals surface area contributed by atoms with Crippen LogP contribution in [0, 0.1) is 27.7 Å². The average Bonchev–Trinajstić information content (AvgIpc) is 1.64. The Balaban J connectivity index is 0.000000118. The number of aromatic hydroxyl groups is 1. The van der Waals surface area contributed by atoms with E-state index in [0.29, 0.717) is 18.1 Å². The number of aromatic amines is 1. The van der Waals surface area contributed by atoms with Crippen molar-refractivity contribution in [3.05, 3.63) is 279 Å². The highest BCUT2D eigenvalue weighted by Gasteiger charge is 2.25. The number of benzene rings is 5. The number of hydrogen-bond donors (Lipinski definition) is 6. The zero-order chi connectivity index (χ0) is 86.0. The molecule has 6 N–H and O–H groups in total. The molecule has 4 aliphatic heterocycles. The smallest absolute Gasteiger partial charge is 0.161 e. The zero-order valence-electron chi connectivity index (χ0n) is 73.2. The molecule has 5 aromatic carbocycles. The van der Waals surface area contributed by atoms with E-state index in [1.807, 2.05) is 110 Å². The van der Waals surface area contributed by atoms with Crippen molar-refractivity contribution >= 4 is 90.8 Å². The normalized spacial score (nSPS) is 14.8. The Morgan fingerprint density at radius 1 is 0.360 bits per heavy atom. The van der Waals surface area contributed by atoms with Gasteiger partial charge in [-0.1, -0.05) is 12.1 Å². The van der Waals surface area contributed by atoms with Gasteiger partial charge >= 0.3 is 0 Å². The molecule has 25 nitrogen and oxygen atoms in total. The average molecular weight is 1670 g/mol. The number of ether oxygens (including phenoxy) is 1. The summed E-state index contributed by atoms with van der Waals surface area (Å²) in [6.07, 6.45) is 22.8. The molecule has 125 heavy (non-hydrogen) atoms. The molecule has 0 spiro atoms. The van der Waals surface area contributed by atoms with Gasteiger partial charge in [0.15, 0.2) is 22.6 Å². The SMILES string of the molecule is Cc1ccncc1-c1ccc(Nc2ccc(N3CCN(C(C)C)CC3)cc2)c2nccn12.Cc1cncc(-c2ccc(Nc3ccc(N4CCN(C(C)C)CC4)cc3)c3nccn23)c1.Cc1n[nH]c(C)c1-c1ccc(Nc2ccc(N3CCN(C(C)C)CC3)cc2)c2nccn12.Oc1cccc(-c2ccc(Nc3ccc(N4CCOCC4)cc3)c3nccn23)c1. The second-order valence-electron chi connectivity index (χ2n) is 33.5. The fraction of sp³-hybridized carbons (Fsp3) is 0.290. The summed E-state index contributed by atoms with van der Waals surface area (Å²) in [6.45, 7) is 38.5. The first-order valence-electron chi connectivity index (χ1n) is 43.7. The number of piperazine rings is 3. The summed E-state index contributed by atoms with van der Waals surface area (Å²) >= 11 is 0. The van der Waals surface area contributed by atoms with E-state index in [2.05, 4.69) is 311 Å². The van der Waals surface area contributed by atoms with Crippen LogP contribution >= 0.6 is 0 Å². The van der Waals surface area contributed by atoms with Crippen molar-refractivity contribution in [3.8, 4) is 50.8 Å². The molecule has 0 atom stereocenters. The van der Waals surface area contributed by atoms with Gasteiger partial charge in [0.2, 0.25) is 0 Å². The van der Waals surface area contributed by atoms with Crippen LogP contribution in [0.5, 0.6) is 5.75 Å². The van der Waals surface area contributed by atoms with E-state index in [0.717, 1.165) is 235 Å². The van der Waals surface area contributed by atoms with Crippen LogP contribution in [0.1, 0.15) is 64.1 Å². The largest absolute Gasteiger partial charge is 0.508 e. The molecule has 4 aliphatic rings. The highest BCUT2D eigenvalue weighted by atomic mass is 16.5. The molecule has 4 saturated heterocycles. The first-order chi connectivity index (χ1) is 61.0. The molecule has 0 saturated carbocycles. The van der Waals surface area contributed by atoms with E-state index < -0.39 is 0 Å². The monoisotopic (exact) mass is 1670 g/mol. The summed E-state index contributed by atoms with van der Waals surface area (Å²) in [4.78, 5) is 44.4. The number of aromatic nitrogens is 12. The van der Waals surface area contributed by atoms with Gasteiger partial charge in [0.1, 0.15) is 5.75 Å². The second-order valence-corrected chi connectivity index (χ2v) is 33.5. The Kier molecular flexibility index (Phi) is 25.5. The van der Waals surface area contributed by atoms with Gasteiger partial charge in [-0.25, -0.2) is 19.9 Å². The number of rotatable bonds is 19. The number of nitrogens with zero attached hydrogens (tertiary/aromatic N) is 18. The van der Waals surface area contributed by atoms with E-state index in [-0.39, 0.29) is 5.75 Å². The molecule has 11 aromatic heterocycles. The van der Waals surface area contributed by atoms with Crippen molar-refractivity contribution in [2.24, 2.45) is 0 Å². The number of morpholine rings is 1. The Morgan fingerprint density at radius 2 is 0.736 bits per heavy atom. The quantitative estimate of drug-likeness (QED) is 0.0443. The third-order valence-electron chi connectivity index (χ3n) is 24.4. The van der Waals surface area contributed by atoms with Gasteiger partial charge in [0.25, 0.3) is 0 Å². The summed E-state index contributed by atoms with van der Waals surface area (Å²) in [5.41, 5.74) is 29.5. The molecule has 0 radical (unpaired) electrons. The number of pyridine rings is 6. The molecule has 16 aromatic rings. The van der Waals surface area contributed by atoms with Crippen molar-refractivity contribution in [3.63, 3.8) is 0 Å². The van der Waals surface area contributed by atoms with Crippen LogP contribution in [-0.4, -0.2) is 200 Å². The van der Waals surface area contributed by atoms with Crippen LogP contribution in [0.2, 0.25) is 0 Å². The maximum atomic E-state index is 9.82. The van der Waals surface area contributed by atoms with Gasteiger partial charge in [-0.15, -0.1) is 0 Å². The molecule has 0 bridgehead atoms. The van der Waals surface area contributed by atoms with Crippen LogP contribution in [0.4, 0.5) is 68.2 Å². The molecule has 640 valence electrons. The van der Waals surface area contributed by atoms with E-state index in [9.17, 15) is 5.11 Å². The van der Waals surface area contributed by atoms with E-state index in [4.69, 9.17) is 4.74 Å². The zero-order valence-corrected chi connectivity index (χ0v) is 73.2. The van der Waals surface area contributed by atoms with Crippen LogP contribution in [0.3, 0.4) is 0 Å². The first kappa shape index (κ1) is 83.7. The van der Waals surface area contributed by atoms with Crippen LogP contribution in [0.25, 0.3) is 67.6 Å². The number of phenols is 1. The van der Waals surface area contributed by atoms with Gasteiger partial charge in [-0.3, -0.25) is 47.4 Å². The highest BCUT2D eigenvalue weighted by molar-refractivity contribution is 5.84. The lowest BCUT2D eigenvalue weighted by Gasteiger charge is -2.38. The van der Waals surface area contributed by atoms with Gasteiger partial charge in [0, 0.05) is 258 Å². The summed E-state index contributed by atoms with van der Waals surface area (Å²) < 4.78 is 13.8. The summed E-state index contributed by atoms with van der Waals surface area (Å²) in [7, 11) is 0. The van der Waals surface area contributed by atoms with Crippen molar-refractivity contribution in [2.45, 2.75) is 87.4 Å². The van der Waals surface area contributed by atoms with Crippen LogP contribution in [-0.2, 0) is 4.74 Å². The summed E-state index contributed by atoms with van der Waals surface area (Å²) in [5, 5.41) is 31.4. The Morgan fingerprint density at radius 3 is 1.11 bits per heavy atom. The molecular weight excluding hydrogens is 1560 g/mol. The van der Waals surface area contributed by atoms with Gasteiger partial charge in [-0.05, 0) is 250 Å². The summed E-state index contributed by atoms with van der Waals surface area (Å²) in [6, 6.07) is 64.7. The number of hydrogen-bond acceptors (Lipinski definition) is 20. The topological polar surface area (TPSA) is 224 Å². The third-order valence-corrected chi connectivity index (χ3v) is 24.4. The lowest BCUT2D eigenvalue weighted by atomic mass is 10.1. The van der Waals surface area contributed by atoms with Crippen molar-refractivity contribution in [1.29, 1.82) is 0 Å². The van der Waals surface area contributed by atoms with E-state index in [1.165, 1.54) is 28.3 Å². The lowest BCUT2D eigenvalue weighted by molar-refractivity contribution is 0.122. The Hall–Kier alpha value is -13.6. The van der Waals surface area contributed by atoms with Crippen molar-refractivity contribution in [2.75, 3.05) is 146 Å². The van der Waals surface area contributed by atoms with Gasteiger partial charge in [-0.2, -0.15) is 5.10 Å². The molecule has 15 heterocycles. The summed E-state index contributed by atoms with van der Waals surface area (Å²) in [5.74, 6) is 0.248. The predicted molar refractivity (Wildman–Crippen MR) is 510 cm³/mol. The van der Waals surface area contributed by atoms with Crippen molar-refractivity contribution in [1.82, 2.24) is 72.4 Å². The number of imidazole rings is 4.